The van der Waals surface area contributed by atoms with Gasteiger partial charge in [0.05, 0.1) is 12.3 Å². The fraction of sp³-hybridized carbons (Fsp3) is 0.458. The molecular formula is C24H29F3N4O2. The van der Waals surface area contributed by atoms with Gasteiger partial charge >= 0.3 is 5.97 Å². The highest BCUT2D eigenvalue weighted by atomic mass is 19.2. The van der Waals surface area contributed by atoms with Crippen LogP contribution in [0.25, 0.3) is 16.9 Å². The van der Waals surface area contributed by atoms with Gasteiger partial charge in [0.1, 0.15) is 5.82 Å². The smallest absolute Gasteiger partial charge is 0.358 e. The Kier molecular flexibility index (Phi) is 7.29. The van der Waals surface area contributed by atoms with Crippen LogP contribution in [0.1, 0.15) is 52.0 Å². The number of hydrogen-bond acceptors (Lipinski definition) is 5. The van der Waals surface area contributed by atoms with E-state index in [2.05, 4.69) is 49.6 Å². The van der Waals surface area contributed by atoms with Crippen LogP contribution >= 0.6 is 0 Å². The average molecular weight is 463 g/mol. The van der Waals surface area contributed by atoms with E-state index in [4.69, 9.17) is 4.74 Å². The minimum Gasteiger partial charge on any atom is -0.461 e. The standard InChI is InChI=1S/C24H29F3N4O2/c1-7-33-24(32)20-10-21-28-19(16-8-17(25)23(27)18(26)9-16)11-22(31(21)29-20)30(12-13(2)3)15(6)14(4)5/h8-11,13-15H,7,12H2,1-6H3/t15-/m1/s1. The molecule has 0 saturated carbocycles. The summed E-state index contributed by atoms with van der Waals surface area (Å²) in [4.78, 5) is 18.9. The van der Waals surface area contributed by atoms with Crippen molar-refractivity contribution in [1.82, 2.24) is 14.6 Å². The molecule has 0 radical (unpaired) electrons. The van der Waals surface area contributed by atoms with E-state index in [1.165, 1.54) is 10.6 Å². The lowest BCUT2D eigenvalue weighted by atomic mass is 10.0. The van der Waals surface area contributed by atoms with E-state index < -0.39 is 23.4 Å². The third-order valence-corrected chi connectivity index (χ3v) is 5.49. The van der Waals surface area contributed by atoms with E-state index in [1.807, 2.05) is 0 Å². The number of benzene rings is 1. The van der Waals surface area contributed by atoms with Crippen LogP contribution in [-0.2, 0) is 4.74 Å². The van der Waals surface area contributed by atoms with E-state index in [9.17, 15) is 18.0 Å². The summed E-state index contributed by atoms with van der Waals surface area (Å²) in [6, 6.07) is 5.00. The van der Waals surface area contributed by atoms with Gasteiger partial charge < -0.3 is 9.64 Å². The van der Waals surface area contributed by atoms with Gasteiger partial charge in [0.15, 0.2) is 28.8 Å². The SMILES string of the molecule is CCOC(=O)c1cc2nc(-c3cc(F)c(F)c(F)c3)cc(N(CC(C)C)[C@H](C)C(C)C)n2n1. The molecule has 0 aliphatic carbocycles. The monoisotopic (exact) mass is 462 g/mol. The molecule has 0 N–H and O–H groups in total. The average Bonchev–Trinajstić information content (AvgIpc) is 3.18. The van der Waals surface area contributed by atoms with Gasteiger partial charge in [-0.05, 0) is 37.8 Å². The van der Waals surface area contributed by atoms with Crippen molar-refractivity contribution in [3.8, 4) is 11.3 Å². The highest BCUT2D eigenvalue weighted by Crippen LogP contribution is 2.30. The molecule has 6 nitrogen and oxygen atoms in total. The molecule has 0 saturated heterocycles. The van der Waals surface area contributed by atoms with Gasteiger partial charge in [0.2, 0.25) is 0 Å². The number of rotatable bonds is 8. The molecule has 3 rings (SSSR count). The van der Waals surface area contributed by atoms with E-state index in [1.54, 1.807) is 13.0 Å². The van der Waals surface area contributed by atoms with E-state index in [0.29, 0.717) is 23.9 Å². The van der Waals surface area contributed by atoms with Crippen molar-refractivity contribution in [3.63, 3.8) is 0 Å². The zero-order valence-corrected chi connectivity index (χ0v) is 19.7. The lowest BCUT2D eigenvalue weighted by Crippen LogP contribution is -2.40. The van der Waals surface area contributed by atoms with Crippen molar-refractivity contribution >= 4 is 17.4 Å². The van der Waals surface area contributed by atoms with Crippen LogP contribution < -0.4 is 4.90 Å². The summed E-state index contributed by atoms with van der Waals surface area (Å²) in [7, 11) is 0. The van der Waals surface area contributed by atoms with Crippen LogP contribution in [0.5, 0.6) is 0 Å². The fourth-order valence-corrected chi connectivity index (χ4v) is 3.54. The van der Waals surface area contributed by atoms with Crippen molar-refractivity contribution < 1.29 is 22.7 Å². The minimum absolute atomic E-state index is 0.0703. The number of esters is 1. The number of carbonyl (C=O) groups excluding carboxylic acids is 1. The number of nitrogens with zero attached hydrogens (tertiary/aromatic N) is 4. The van der Waals surface area contributed by atoms with Crippen molar-refractivity contribution in [2.24, 2.45) is 11.8 Å². The molecular weight excluding hydrogens is 433 g/mol. The summed E-state index contributed by atoms with van der Waals surface area (Å²) in [5.41, 5.74) is 0.687. The van der Waals surface area contributed by atoms with Gasteiger partial charge in [-0.3, -0.25) is 0 Å². The third-order valence-electron chi connectivity index (χ3n) is 5.49. The Balaban J connectivity index is 2.29. The maximum Gasteiger partial charge on any atom is 0.358 e. The Hall–Kier alpha value is -3.10. The highest BCUT2D eigenvalue weighted by Gasteiger charge is 2.25. The molecule has 1 atom stereocenters. The Morgan fingerprint density at radius 3 is 2.24 bits per heavy atom. The summed E-state index contributed by atoms with van der Waals surface area (Å²) in [6.45, 7) is 13.0. The van der Waals surface area contributed by atoms with E-state index in [0.717, 1.165) is 12.1 Å². The van der Waals surface area contributed by atoms with E-state index >= 15 is 0 Å². The molecule has 2 heterocycles. The minimum atomic E-state index is -1.54. The Morgan fingerprint density at radius 1 is 1.06 bits per heavy atom. The Labute approximate surface area is 191 Å². The lowest BCUT2D eigenvalue weighted by Gasteiger charge is -2.35. The summed E-state index contributed by atoms with van der Waals surface area (Å²) < 4.78 is 48.1. The predicted octanol–water partition coefficient (Wildman–Crippen LogP) is 5.50. The molecule has 0 unspecified atom stereocenters. The molecule has 0 bridgehead atoms. The first-order valence-corrected chi connectivity index (χ1v) is 11.0. The summed E-state index contributed by atoms with van der Waals surface area (Å²) in [5.74, 6) is -3.57. The third kappa shape index (κ3) is 5.12. The first-order chi connectivity index (χ1) is 15.5. The second kappa shape index (κ2) is 9.80. The molecule has 178 valence electrons. The number of carbonyl (C=O) groups is 1. The van der Waals surface area contributed by atoms with Crippen LogP contribution in [0.2, 0.25) is 0 Å². The summed E-state index contributed by atoms with van der Waals surface area (Å²) in [5, 5.41) is 4.41. The number of halogens is 3. The molecule has 9 heteroatoms. The number of anilines is 1. The van der Waals surface area contributed by atoms with Gasteiger partial charge in [0.25, 0.3) is 0 Å². The second-order valence-electron chi connectivity index (χ2n) is 8.80. The molecule has 0 amide bonds. The number of aromatic nitrogens is 3. The molecule has 0 aliphatic rings. The first-order valence-electron chi connectivity index (χ1n) is 11.0. The van der Waals surface area contributed by atoms with Crippen molar-refractivity contribution in [2.45, 2.75) is 47.6 Å². The predicted molar refractivity (Wildman–Crippen MR) is 121 cm³/mol. The topological polar surface area (TPSA) is 59.7 Å². The van der Waals surface area contributed by atoms with Crippen LogP contribution in [0.4, 0.5) is 19.0 Å². The molecule has 2 aromatic heterocycles. The van der Waals surface area contributed by atoms with Crippen LogP contribution in [0, 0.1) is 29.3 Å². The molecule has 33 heavy (non-hydrogen) atoms. The van der Waals surface area contributed by atoms with Gasteiger partial charge in [-0.2, -0.15) is 9.61 Å². The van der Waals surface area contributed by atoms with Crippen LogP contribution in [-0.4, -0.2) is 39.8 Å². The summed E-state index contributed by atoms with van der Waals surface area (Å²) >= 11 is 0. The number of hydrogen-bond donors (Lipinski definition) is 0. The normalized spacial score (nSPS) is 12.6. The number of ether oxygens (including phenoxy) is 1. The van der Waals surface area contributed by atoms with Crippen LogP contribution in [0.3, 0.4) is 0 Å². The van der Waals surface area contributed by atoms with Crippen molar-refractivity contribution in [1.29, 1.82) is 0 Å². The van der Waals surface area contributed by atoms with Crippen molar-refractivity contribution in [3.05, 3.63) is 47.4 Å². The number of fused-ring (bicyclic) bond motifs is 1. The van der Waals surface area contributed by atoms with E-state index in [-0.39, 0.29) is 35.5 Å². The second-order valence-corrected chi connectivity index (χ2v) is 8.80. The largest absolute Gasteiger partial charge is 0.461 e. The maximum atomic E-state index is 14.0. The summed E-state index contributed by atoms with van der Waals surface area (Å²) in [6.07, 6.45) is 0. The quantitative estimate of drug-likeness (QED) is 0.327. The fourth-order valence-electron chi connectivity index (χ4n) is 3.54. The van der Waals surface area contributed by atoms with Crippen molar-refractivity contribution in [2.75, 3.05) is 18.1 Å². The van der Waals surface area contributed by atoms with Gasteiger partial charge in [-0.15, -0.1) is 0 Å². The van der Waals surface area contributed by atoms with Crippen LogP contribution in [0.15, 0.2) is 24.3 Å². The molecule has 0 spiro atoms. The first kappa shape index (κ1) is 24.5. The maximum absolute atomic E-state index is 14.0. The van der Waals surface area contributed by atoms with Gasteiger partial charge in [-0.1, -0.05) is 27.7 Å². The van der Waals surface area contributed by atoms with Gasteiger partial charge in [-0.25, -0.2) is 22.9 Å². The molecule has 0 fully saturated rings. The van der Waals surface area contributed by atoms with Gasteiger partial charge in [0, 0.05) is 30.3 Å². The highest BCUT2D eigenvalue weighted by molar-refractivity contribution is 5.89. The molecule has 1 aromatic carbocycles. The zero-order chi connectivity index (χ0) is 24.4. The lowest BCUT2D eigenvalue weighted by molar-refractivity contribution is 0.0519. The Bertz CT molecular complexity index is 1140. The molecule has 0 aliphatic heterocycles. The zero-order valence-electron chi connectivity index (χ0n) is 19.7. The molecule has 3 aromatic rings. The Morgan fingerprint density at radius 2 is 1.70 bits per heavy atom.